The lowest BCUT2D eigenvalue weighted by Crippen LogP contribution is -2.39. The highest BCUT2D eigenvalue weighted by Gasteiger charge is 2.26. The molecule has 198 valence electrons. The Hall–Kier alpha value is -3.79. The van der Waals surface area contributed by atoms with E-state index >= 15 is 0 Å². The number of aromatic nitrogens is 1. The van der Waals surface area contributed by atoms with Gasteiger partial charge in [-0.2, -0.15) is 10.2 Å². The number of hydrogen-bond acceptors (Lipinski definition) is 8. The van der Waals surface area contributed by atoms with Crippen molar-refractivity contribution in [1.82, 2.24) is 9.88 Å². The molecule has 2 amide bonds. The van der Waals surface area contributed by atoms with Gasteiger partial charge >= 0.3 is 6.09 Å². The maximum Gasteiger partial charge on any atom is 0.410 e. The van der Waals surface area contributed by atoms with Gasteiger partial charge in [-0.05, 0) is 68.5 Å². The molecule has 1 aromatic carbocycles. The van der Waals surface area contributed by atoms with E-state index in [0.717, 1.165) is 30.4 Å². The minimum absolute atomic E-state index is 0.104. The lowest BCUT2D eigenvalue weighted by molar-refractivity contribution is -0.00487. The van der Waals surface area contributed by atoms with Crippen LogP contribution in [0.4, 0.5) is 10.6 Å². The zero-order chi connectivity index (χ0) is 26.8. The highest BCUT2D eigenvalue weighted by atomic mass is 16.6. The third-order valence-corrected chi connectivity index (χ3v) is 5.62. The minimum Gasteiger partial charge on any atom is -0.496 e. The maximum atomic E-state index is 13.2. The number of rotatable bonds is 10. The Labute approximate surface area is 217 Å². The molecule has 0 atom stereocenters. The first-order valence-electron chi connectivity index (χ1n) is 12.4. The SMILES string of the molecule is CCCCC=NN=Cc1cccc(NC(=O)c2cc3c(cc2OC)CCN(C(=O)OCC(C)(C)O)C3)n1. The van der Waals surface area contributed by atoms with Crippen LogP contribution in [0.5, 0.6) is 5.75 Å². The normalized spacial score (nSPS) is 13.6. The van der Waals surface area contributed by atoms with Crippen molar-refractivity contribution in [2.75, 3.05) is 25.6 Å². The summed E-state index contributed by atoms with van der Waals surface area (Å²) in [4.78, 5) is 31.6. The monoisotopic (exact) mass is 509 g/mol. The van der Waals surface area contributed by atoms with Crippen LogP contribution in [-0.2, 0) is 17.7 Å². The van der Waals surface area contributed by atoms with E-state index in [9.17, 15) is 14.7 Å². The van der Waals surface area contributed by atoms with E-state index in [1.54, 1.807) is 49.2 Å². The van der Waals surface area contributed by atoms with E-state index in [1.165, 1.54) is 13.3 Å². The van der Waals surface area contributed by atoms with Crippen LogP contribution in [0, 0.1) is 0 Å². The second kappa shape index (κ2) is 13.0. The summed E-state index contributed by atoms with van der Waals surface area (Å²) in [6.45, 7) is 5.91. The number of anilines is 1. The van der Waals surface area contributed by atoms with Crippen LogP contribution in [-0.4, -0.2) is 65.3 Å². The first kappa shape index (κ1) is 27.8. The van der Waals surface area contributed by atoms with E-state index in [1.807, 2.05) is 6.07 Å². The van der Waals surface area contributed by atoms with Gasteiger partial charge < -0.3 is 24.8 Å². The van der Waals surface area contributed by atoms with Crippen molar-refractivity contribution in [2.45, 2.75) is 58.6 Å². The number of amides is 2. The van der Waals surface area contributed by atoms with Crippen molar-refractivity contribution in [3.8, 4) is 5.75 Å². The zero-order valence-electron chi connectivity index (χ0n) is 21.9. The van der Waals surface area contributed by atoms with Gasteiger partial charge in [0.1, 0.15) is 18.2 Å². The third kappa shape index (κ3) is 8.38. The standard InChI is InChI=1S/C27H35N5O5/c1-5-6-7-12-28-29-16-21-9-8-10-24(30-21)31-25(33)22-14-20-17-32(26(34)37-18-27(2,3)35)13-11-19(20)15-23(22)36-4/h8-10,12,14-16,35H,5-7,11,13,17-18H2,1-4H3,(H,30,31,33). The van der Waals surface area contributed by atoms with Crippen LogP contribution >= 0.6 is 0 Å². The third-order valence-electron chi connectivity index (χ3n) is 5.62. The minimum atomic E-state index is -1.11. The van der Waals surface area contributed by atoms with Gasteiger partial charge in [0.25, 0.3) is 5.91 Å². The molecular formula is C27H35N5O5. The van der Waals surface area contributed by atoms with Crippen molar-refractivity contribution in [2.24, 2.45) is 10.2 Å². The molecule has 1 aliphatic rings. The Balaban J connectivity index is 1.71. The second-order valence-corrected chi connectivity index (χ2v) is 9.45. The van der Waals surface area contributed by atoms with E-state index < -0.39 is 11.7 Å². The van der Waals surface area contributed by atoms with E-state index in [2.05, 4.69) is 27.4 Å². The van der Waals surface area contributed by atoms with Crippen LogP contribution in [0.3, 0.4) is 0 Å². The quantitative estimate of drug-likeness (QED) is 0.281. The molecule has 0 spiro atoms. The van der Waals surface area contributed by atoms with Crippen molar-refractivity contribution < 1.29 is 24.2 Å². The number of aliphatic hydroxyl groups is 1. The Morgan fingerprint density at radius 1 is 1.24 bits per heavy atom. The van der Waals surface area contributed by atoms with Gasteiger partial charge in [-0.3, -0.25) is 4.79 Å². The molecule has 0 saturated carbocycles. The van der Waals surface area contributed by atoms with Gasteiger partial charge in [-0.1, -0.05) is 19.4 Å². The molecule has 0 radical (unpaired) electrons. The molecule has 0 saturated heterocycles. The number of hydrogen-bond donors (Lipinski definition) is 2. The Morgan fingerprint density at radius 3 is 2.78 bits per heavy atom. The fourth-order valence-corrected chi connectivity index (χ4v) is 3.69. The summed E-state index contributed by atoms with van der Waals surface area (Å²) in [5, 5.41) is 20.6. The van der Waals surface area contributed by atoms with Crippen LogP contribution in [0.15, 0.2) is 40.5 Å². The fourth-order valence-electron chi connectivity index (χ4n) is 3.69. The topological polar surface area (TPSA) is 126 Å². The predicted octanol–water partition coefficient (Wildman–Crippen LogP) is 4.20. The largest absolute Gasteiger partial charge is 0.496 e. The van der Waals surface area contributed by atoms with E-state index in [-0.39, 0.29) is 19.1 Å². The van der Waals surface area contributed by atoms with Gasteiger partial charge in [-0.25, -0.2) is 9.78 Å². The van der Waals surface area contributed by atoms with Crippen LogP contribution in [0.1, 0.15) is 67.2 Å². The fraction of sp³-hybridized carbons (Fsp3) is 0.444. The molecule has 0 bridgehead atoms. The average molecular weight is 510 g/mol. The summed E-state index contributed by atoms with van der Waals surface area (Å²) in [6.07, 6.45) is 6.42. The first-order valence-corrected chi connectivity index (χ1v) is 12.4. The zero-order valence-corrected chi connectivity index (χ0v) is 21.9. The van der Waals surface area contributed by atoms with Crippen LogP contribution < -0.4 is 10.1 Å². The number of nitrogens with one attached hydrogen (secondary N) is 1. The predicted molar refractivity (Wildman–Crippen MR) is 143 cm³/mol. The lowest BCUT2D eigenvalue weighted by atomic mass is 9.96. The van der Waals surface area contributed by atoms with E-state index in [0.29, 0.717) is 35.8 Å². The Kier molecular flexibility index (Phi) is 9.73. The number of carbonyl (C=O) groups excluding carboxylic acids is 2. The number of carbonyl (C=O) groups is 2. The van der Waals surface area contributed by atoms with Crippen molar-refractivity contribution in [1.29, 1.82) is 0 Å². The molecule has 0 fully saturated rings. The second-order valence-electron chi connectivity index (χ2n) is 9.45. The average Bonchev–Trinajstić information content (AvgIpc) is 2.88. The van der Waals surface area contributed by atoms with Crippen molar-refractivity contribution in [3.05, 3.63) is 52.7 Å². The Morgan fingerprint density at radius 2 is 2.05 bits per heavy atom. The number of pyridine rings is 1. The maximum absolute atomic E-state index is 13.2. The highest BCUT2D eigenvalue weighted by molar-refractivity contribution is 6.06. The van der Waals surface area contributed by atoms with Gasteiger partial charge in [0, 0.05) is 19.3 Å². The molecule has 2 heterocycles. The number of fused-ring (bicyclic) bond motifs is 1. The Bertz CT molecular complexity index is 1160. The number of benzene rings is 1. The van der Waals surface area contributed by atoms with Gasteiger partial charge in [0.2, 0.25) is 0 Å². The summed E-state index contributed by atoms with van der Waals surface area (Å²) < 4.78 is 10.7. The summed E-state index contributed by atoms with van der Waals surface area (Å²) in [5.41, 5.74) is 1.60. The number of ether oxygens (including phenoxy) is 2. The summed E-state index contributed by atoms with van der Waals surface area (Å²) in [5.74, 6) is 0.412. The first-order chi connectivity index (χ1) is 17.7. The molecule has 2 N–H and O–H groups in total. The number of unbranched alkanes of at least 4 members (excludes halogenated alkanes) is 2. The molecule has 2 aromatic rings. The van der Waals surface area contributed by atoms with Gasteiger partial charge in [0.15, 0.2) is 0 Å². The molecule has 1 aromatic heterocycles. The van der Waals surface area contributed by atoms with Crippen molar-refractivity contribution >= 4 is 30.2 Å². The molecule has 3 rings (SSSR count). The van der Waals surface area contributed by atoms with Gasteiger partial charge in [-0.15, -0.1) is 0 Å². The summed E-state index contributed by atoms with van der Waals surface area (Å²) in [7, 11) is 1.51. The molecule has 1 aliphatic heterocycles. The molecule has 10 heteroatoms. The lowest BCUT2D eigenvalue weighted by Gasteiger charge is -2.30. The molecule has 0 unspecified atom stereocenters. The summed E-state index contributed by atoms with van der Waals surface area (Å²) >= 11 is 0. The molecule has 0 aliphatic carbocycles. The summed E-state index contributed by atoms with van der Waals surface area (Å²) in [6, 6.07) is 8.79. The molecule has 37 heavy (non-hydrogen) atoms. The highest BCUT2D eigenvalue weighted by Crippen LogP contribution is 2.29. The molecular weight excluding hydrogens is 474 g/mol. The molecule has 10 nitrogen and oxygen atoms in total. The van der Waals surface area contributed by atoms with Gasteiger partial charge in [0.05, 0.1) is 30.2 Å². The smallest absolute Gasteiger partial charge is 0.410 e. The van der Waals surface area contributed by atoms with E-state index in [4.69, 9.17) is 9.47 Å². The number of methoxy groups -OCH3 is 1. The van der Waals surface area contributed by atoms with Crippen LogP contribution in [0.2, 0.25) is 0 Å². The van der Waals surface area contributed by atoms with Crippen LogP contribution in [0.25, 0.3) is 0 Å². The number of nitrogens with zero attached hydrogens (tertiary/aromatic N) is 4. The van der Waals surface area contributed by atoms with Crippen molar-refractivity contribution in [3.63, 3.8) is 0 Å².